The second kappa shape index (κ2) is 9.19. The van der Waals surface area contributed by atoms with E-state index < -0.39 is 22.9 Å². The number of nitrogens with zero attached hydrogens (tertiary/aromatic N) is 1. The van der Waals surface area contributed by atoms with Crippen LogP contribution in [0.4, 0.5) is 11.4 Å². The van der Waals surface area contributed by atoms with Crippen LogP contribution in [0.15, 0.2) is 77.3 Å². The number of esters is 1. The van der Waals surface area contributed by atoms with E-state index in [2.05, 4.69) is 21.2 Å². The lowest BCUT2D eigenvalue weighted by molar-refractivity contribution is -0.384. The number of carbonyl (C=O) groups excluding carboxylic acids is 2. The van der Waals surface area contributed by atoms with Crippen molar-refractivity contribution in [2.45, 2.75) is 6.10 Å². The Kier molecular flexibility index (Phi) is 6.43. The smallest absolute Gasteiger partial charge is 0.339 e. The molecule has 8 nitrogen and oxygen atoms in total. The lowest BCUT2D eigenvalue weighted by atomic mass is 10.1. The number of non-ortho nitro benzene ring substituents is 1. The van der Waals surface area contributed by atoms with Crippen LogP contribution in [0.3, 0.4) is 0 Å². The fourth-order valence-electron chi connectivity index (χ4n) is 2.63. The molecule has 3 rings (SSSR count). The molecular weight excluding hydrogens is 456 g/mol. The third-order valence-corrected chi connectivity index (χ3v) is 4.72. The summed E-state index contributed by atoms with van der Waals surface area (Å²) in [6.45, 7) is 0. The van der Waals surface area contributed by atoms with Gasteiger partial charge in [-0.05, 0) is 40.2 Å². The first-order valence-electron chi connectivity index (χ1n) is 8.65. The molecule has 3 aromatic rings. The molecule has 0 heterocycles. The average molecular weight is 471 g/mol. The fourth-order valence-corrected chi connectivity index (χ4v) is 3.09. The second-order valence-corrected chi connectivity index (χ2v) is 7.01. The Balaban J connectivity index is 1.86. The summed E-state index contributed by atoms with van der Waals surface area (Å²) in [7, 11) is 0. The molecule has 0 saturated heterocycles. The highest BCUT2D eigenvalue weighted by Crippen LogP contribution is 2.29. The summed E-state index contributed by atoms with van der Waals surface area (Å²) >= 11 is 3.19. The minimum atomic E-state index is -1.29. The van der Waals surface area contributed by atoms with E-state index in [1.165, 1.54) is 42.5 Å². The van der Waals surface area contributed by atoms with E-state index in [4.69, 9.17) is 4.74 Å². The lowest BCUT2D eigenvalue weighted by Crippen LogP contribution is -2.26. The fraction of sp³-hybridized carbons (Fsp3) is 0.0476. The van der Waals surface area contributed by atoms with Crippen LogP contribution in [-0.2, 0) is 9.53 Å². The Morgan fingerprint density at radius 1 is 1.03 bits per heavy atom. The summed E-state index contributed by atoms with van der Waals surface area (Å²) in [5.41, 5.74) is 0.650. The molecule has 0 spiro atoms. The van der Waals surface area contributed by atoms with Crippen molar-refractivity contribution < 1.29 is 24.4 Å². The van der Waals surface area contributed by atoms with E-state index in [0.29, 0.717) is 10.0 Å². The van der Waals surface area contributed by atoms with Crippen LogP contribution in [-0.4, -0.2) is 21.9 Å². The number of phenols is 1. The molecule has 2 N–H and O–H groups in total. The summed E-state index contributed by atoms with van der Waals surface area (Å²) < 4.78 is 5.73. The van der Waals surface area contributed by atoms with Gasteiger partial charge in [-0.3, -0.25) is 14.9 Å². The zero-order valence-corrected chi connectivity index (χ0v) is 16.9. The number of hydrogen-bond acceptors (Lipinski definition) is 6. The number of phenolic OH excluding ortho intramolecular Hbond substituents is 1. The van der Waals surface area contributed by atoms with Crippen molar-refractivity contribution in [3.05, 3.63) is 98.5 Å². The number of nitro benzene ring substituents is 1. The molecule has 0 radical (unpaired) electrons. The molecular formula is C21H15BrN2O6. The number of ether oxygens (including phenoxy) is 1. The van der Waals surface area contributed by atoms with Crippen LogP contribution in [0.1, 0.15) is 22.0 Å². The number of aromatic hydroxyl groups is 1. The second-order valence-electron chi connectivity index (χ2n) is 6.16. The van der Waals surface area contributed by atoms with Crippen LogP contribution >= 0.6 is 15.9 Å². The van der Waals surface area contributed by atoms with Crippen LogP contribution in [0, 0.1) is 10.1 Å². The van der Waals surface area contributed by atoms with E-state index in [1.807, 2.05) is 0 Å². The highest BCUT2D eigenvalue weighted by atomic mass is 79.9. The van der Waals surface area contributed by atoms with Crippen LogP contribution in [0.5, 0.6) is 5.75 Å². The van der Waals surface area contributed by atoms with Crippen LogP contribution < -0.4 is 5.32 Å². The van der Waals surface area contributed by atoms with Crippen molar-refractivity contribution in [3.63, 3.8) is 0 Å². The van der Waals surface area contributed by atoms with E-state index in [0.717, 1.165) is 0 Å². The molecule has 0 aliphatic carbocycles. The minimum absolute atomic E-state index is 0.0836. The first-order valence-corrected chi connectivity index (χ1v) is 9.44. The molecule has 0 bridgehead atoms. The van der Waals surface area contributed by atoms with Gasteiger partial charge in [0.05, 0.1) is 16.2 Å². The third-order valence-electron chi connectivity index (χ3n) is 4.07. The maximum absolute atomic E-state index is 12.9. The van der Waals surface area contributed by atoms with Crippen molar-refractivity contribution in [1.82, 2.24) is 0 Å². The number of rotatable bonds is 6. The highest BCUT2D eigenvalue weighted by Gasteiger charge is 2.26. The van der Waals surface area contributed by atoms with Gasteiger partial charge < -0.3 is 15.2 Å². The Morgan fingerprint density at radius 2 is 1.77 bits per heavy atom. The number of amides is 1. The molecule has 152 valence electrons. The Morgan fingerprint density at radius 3 is 2.40 bits per heavy atom. The van der Waals surface area contributed by atoms with Gasteiger partial charge in [0, 0.05) is 22.2 Å². The predicted octanol–water partition coefficient (Wildman–Crippen LogP) is 4.60. The number of halogens is 1. The number of hydrogen-bond donors (Lipinski definition) is 2. The van der Waals surface area contributed by atoms with Crippen LogP contribution in [0.25, 0.3) is 0 Å². The molecule has 0 aliphatic rings. The van der Waals surface area contributed by atoms with Gasteiger partial charge in [0.15, 0.2) is 0 Å². The summed E-state index contributed by atoms with van der Waals surface area (Å²) in [4.78, 5) is 35.8. The van der Waals surface area contributed by atoms with Crippen molar-refractivity contribution in [3.8, 4) is 5.75 Å². The van der Waals surface area contributed by atoms with Crippen molar-refractivity contribution in [2.75, 3.05) is 5.32 Å². The molecule has 0 fully saturated rings. The summed E-state index contributed by atoms with van der Waals surface area (Å²) in [6, 6.07) is 17.9. The summed E-state index contributed by atoms with van der Waals surface area (Å²) in [5.74, 6) is -1.55. The summed E-state index contributed by atoms with van der Waals surface area (Å²) in [5, 5.41) is 23.1. The van der Waals surface area contributed by atoms with Gasteiger partial charge in [0.1, 0.15) is 5.75 Å². The molecule has 30 heavy (non-hydrogen) atoms. The average Bonchev–Trinajstić information content (AvgIpc) is 2.73. The molecule has 1 amide bonds. The third kappa shape index (κ3) is 5.00. The Hall–Kier alpha value is -3.72. The Bertz CT molecular complexity index is 1100. The van der Waals surface area contributed by atoms with Gasteiger partial charge in [-0.1, -0.05) is 36.4 Å². The van der Waals surface area contributed by atoms with E-state index >= 15 is 0 Å². The number of benzene rings is 3. The van der Waals surface area contributed by atoms with Crippen LogP contribution in [0.2, 0.25) is 0 Å². The molecule has 3 aromatic carbocycles. The monoisotopic (exact) mass is 470 g/mol. The standard InChI is InChI=1S/C21H15BrN2O6/c22-17-12-15(24(28)29)9-10-18(17)23-20(26)19(13-5-2-1-3-6-13)30-21(27)14-7-4-8-16(25)11-14/h1-12,19,25H,(H,23,26). The van der Waals surface area contributed by atoms with Gasteiger partial charge in [0.2, 0.25) is 6.10 Å². The minimum Gasteiger partial charge on any atom is -0.508 e. The van der Waals surface area contributed by atoms with Gasteiger partial charge in [-0.2, -0.15) is 0 Å². The van der Waals surface area contributed by atoms with Crippen molar-refractivity contribution in [2.24, 2.45) is 0 Å². The Labute approximate surface area is 179 Å². The molecule has 9 heteroatoms. The zero-order chi connectivity index (χ0) is 21.7. The number of nitrogens with one attached hydrogen (secondary N) is 1. The molecule has 1 atom stereocenters. The van der Waals surface area contributed by atoms with Crippen molar-refractivity contribution >= 4 is 39.2 Å². The van der Waals surface area contributed by atoms with Gasteiger partial charge in [-0.15, -0.1) is 0 Å². The normalized spacial score (nSPS) is 11.4. The maximum Gasteiger partial charge on any atom is 0.339 e. The topological polar surface area (TPSA) is 119 Å². The lowest BCUT2D eigenvalue weighted by Gasteiger charge is -2.18. The largest absolute Gasteiger partial charge is 0.508 e. The van der Waals surface area contributed by atoms with E-state index in [-0.39, 0.29) is 22.7 Å². The van der Waals surface area contributed by atoms with Gasteiger partial charge >= 0.3 is 5.97 Å². The predicted molar refractivity (Wildman–Crippen MR) is 112 cm³/mol. The molecule has 0 aromatic heterocycles. The van der Waals surface area contributed by atoms with Gasteiger partial charge in [0.25, 0.3) is 11.6 Å². The highest BCUT2D eigenvalue weighted by molar-refractivity contribution is 9.10. The first kappa shape index (κ1) is 21.0. The summed E-state index contributed by atoms with van der Waals surface area (Å²) in [6.07, 6.45) is -1.29. The molecule has 0 saturated carbocycles. The maximum atomic E-state index is 12.9. The first-order chi connectivity index (χ1) is 14.3. The van der Waals surface area contributed by atoms with E-state index in [1.54, 1.807) is 30.3 Å². The molecule has 1 unspecified atom stereocenters. The number of anilines is 1. The van der Waals surface area contributed by atoms with Gasteiger partial charge in [-0.25, -0.2) is 4.79 Å². The zero-order valence-electron chi connectivity index (χ0n) is 15.3. The number of nitro groups is 1. The van der Waals surface area contributed by atoms with E-state index in [9.17, 15) is 24.8 Å². The molecule has 0 aliphatic heterocycles. The quantitative estimate of drug-likeness (QED) is 0.308. The number of carbonyl (C=O) groups is 2. The SMILES string of the molecule is O=C(OC(C(=O)Nc1ccc([N+](=O)[O-])cc1Br)c1ccccc1)c1cccc(O)c1. The van der Waals surface area contributed by atoms with Crippen molar-refractivity contribution in [1.29, 1.82) is 0 Å².